The zero-order chi connectivity index (χ0) is 25.3. The van der Waals surface area contributed by atoms with Gasteiger partial charge in [-0.1, -0.05) is 61.5 Å². The second kappa shape index (κ2) is 9.38. The van der Waals surface area contributed by atoms with Crippen LogP contribution in [-0.4, -0.2) is 19.0 Å². The number of rotatable bonds is 7. The fraction of sp³-hybridized carbons (Fsp3) is 0.200. The number of para-hydroxylation sites is 2. The van der Waals surface area contributed by atoms with Crippen LogP contribution in [0.4, 0.5) is 17.1 Å². The molecule has 1 unspecified atom stereocenters. The molecule has 1 aliphatic heterocycles. The topological polar surface area (TPSA) is 67.6 Å². The third kappa shape index (κ3) is 4.26. The molecule has 1 aliphatic rings. The van der Waals surface area contributed by atoms with Gasteiger partial charge in [-0.3, -0.25) is 10.1 Å². The van der Waals surface area contributed by atoms with E-state index in [1.165, 1.54) is 16.3 Å². The van der Waals surface area contributed by atoms with Crippen molar-refractivity contribution in [2.75, 3.05) is 24.3 Å². The zero-order valence-electron chi connectivity index (χ0n) is 20.7. The van der Waals surface area contributed by atoms with E-state index < -0.39 is 0 Å². The van der Waals surface area contributed by atoms with Crippen LogP contribution in [0.3, 0.4) is 0 Å². The standard InChI is InChI=1S/C30H29N3O3/c1-30(20-21-12-15-23(16-13-21)33(34)35,19-18-28-32(3)26-10-6-7-11-27(26)36-28)29-24-9-5-4-8-22(24)14-17-25(29)31-2/h4-18,31H,19-20H2,1-3H3/b28-18-. The van der Waals surface area contributed by atoms with E-state index in [2.05, 4.69) is 65.7 Å². The first-order chi connectivity index (χ1) is 17.4. The van der Waals surface area contributed by atoms with Crippen LogP contribution in [0.5, 0.6) is 5.75 Å². The molecule has 4 aromatic carbocycles. The Hall–Kier alpha value is -4.32. The van der Waals surface area contributed by atoms with Crippen molar-refractivity contribution in [3.8, 4) is 5.75 Å². The minimum atomic E-state index is -0.359. The van der Waals surface area contributed by atoms with Crippen LogP contribution in [0.1, 0.15) is 24.5 Å². The van der Waals surface area contributed by atoms with Crippen molar-refractivity contribution in [3.63, 3.8) is 0 Å². The predicted molar refractivity (Wildman–Crippen MR) is 146 cm³/mol. The normalized spacial score (nSPS) is 15.4. The van der Waals surface area contributed by atoms with Crippen molar-refractivity contribution in [1.82, 2.24) is 0 Å². The van der Waals surface area contributed by atoms with Crippen LogP contribution in [-0.2, 0) is 11.8 Å². The summed E-state index contributed by atoms with van der Waals surface area (Å²) in [7, 11) is 3.96. The first-order valence-corrected chi connectivity index (χ1v) is 12.0. The van der Waals surface area contributed by atoms with Gasteiger partial charge in [0.15, 0.2) is 11.6 Å². The van der Waals surface area contributed by atoms with Crippen molar-refractivity contribution in [1.29, 1.82) is 0 Å². The second-order valence-corrected chi connectivity index (χ2v) is 9.50. The summed E-state index contributed by atoms with van der Waals surface area (Å²) in [6, 6.07) is 27.6. The summed E-state index contributed by atoms with van der Waals surface area (Å²) < 4.78 is 6.18. The maximum Gasteiger partial charge on any atom is 0.269 e. The summed E-state index contributed by atoms with van der Waals surface area (Å²) >= 11 is 0. The van der Waals surface area contributed by atoms with Gasteiger partial charge in [0, 0.05) is 37.3 Å². The Morgan fingerprint density at radius 3 is 2.44 bits per heavy atom. The number of hydrogen-bond donors (Lipinski definition) is 1. The molecule has 0 bridgehead atoms. The Morgan fingerprint density at radius 2 is 1.72 bits per heavy atom. The fourth-order valence-electron chi connectivity index (χ4n) is 5.19. The van der Waals surface area contributed by atoms with Crippen LogP contribution in [0.25, 0.3) is 10.8 Å². The minimum Gasteiger partial charge on any atom is -0.439 e. The van der Waals surface area contributed by atoms with Crippen LogP contribution >= 0.6 is 0 Å². The highest BCUT2D eigenvalue weighted by molar-refractivity contribution is 5.91. The predicted octanol–water partition coefficient (Wildman–Crippen LogP) is 7.05. The maximum absolute atomic E-state index is 11.2. The number of non-ortho nitro benzene ring substituents is 1. The first-order valence-electron chi connectivity index (χ1n) is 12.0. The average molecular weight is 480 g/mol. The van der Waals surface area contributed by atoms with E-state index in [-0.39, 0.29) is 16.0 Å². The van der Waals surface area contributed by atoms with Crippen LogP contribution in [0.15, 0.2) is 96.9 Å². The molecule has 0 fully saturated rings. The Labute approximate surface area is 211 Å². The molecule has 0 aromatic heterocycles. The van der Waals surface area contributed by atoms with E-state index in [9.17, 15) is 10.1 Å². The number of ether oxygens (including phenoxy) is 1. The molecule has 0 aliphatic carbocycles. The molecule has 36 heavy (non-hydrogen) atoms. The van der Waals surface area contributed by atoms with Crippen LogP contribution in [0, 0.1) is 10.1 Å². The van der Waals surface area contributed by atoms with Crippen molar-refractivity contribution < 1.29 is 9.66 Å². The van der Waals surface area contributed by atoms with Crippen molar-refractivity contribution >= 4 is 27.8 Å². The monoisotopic (exact) mass is 479 g/mol. The lowest BCUT2D eigenvalue weighted by atomic mass is 9.72. The number of allylic oxidation sites excluding steroid dienone is 1. The summed E-state index contributed by atoms with van der Waals surface area (Å²) in [4.78, 5) is 12.9. The Kier molecular flexibility index (Phi) is 6.10. The molecule has 1 atom stereocenters. The molecule has 4 aromatic rings. The fourth-order valence-corrected chi connectivity index (χ4v) is 5.19. The summed E-state index contributed by atoms with van der Waals surface area (Å²) in [5, 5.41) is 17.0. The molecule has 1 heterocycles. The van der Waals surface area contributed by atoms with Gasteiger partial charge in [-0.15, -0.1) is 0 Å². The number of hydrogen-bond acceptors (Lipinski definition) is 5. The lowest BCUT2D eigenvalue weighted by Crippen LogP contribution is -2.27. The molecular weight excluding hydrogens is 450 g/mol. The molecule has 1 N–H and O–H groups in total. The Morgan fingerprint density at radius 1 is 1.00 bits per heavy atom. The van der Waals surface area contributed by atoms with Gasteiger partial charge in [0.05, 0.1) is 10.6 Å². The van der Waals surface area contributed by atoms with E-state index in [1.54, 1.807) is 12.1 Å². The Bertz CT molecular complexity index is 1460. The summed E-state index contributed by atoms with van der Waals surface area (Å²) in [6.07, 6.45) is 3.57. The van der Waals surface area contributed by atoms with Gasteiger partial charge in [-0.2, -0.15) is 0 Å². The third-order valence-corrected chi connectivity index (χ3v) is 7.04. The third-order valence-electron chi connectivity index (χ3n) is 7.04. The van der Waals surface area contributed by atoms with Crippen LogP contribution in [0.2, 0.25) is 0 Å². The molecule has 5 rings (SSSR count). The highest BCUT2D eigenvalue weighted by atomic mass is 16.6. The van der Waals surface area contributed by atoms with Crippen molar-refractivity contribution in [3.05, 3.63) is 118 Å². The number of nitro groups is 1. The van der Waals surface area contributed by atoms with Crippen LogP contribution < -0.4 is 15.0 Å². The molecule has 0 saturated heterocycles. The lowest BCUT2D eigenvalue weighted by Gasteiger charge is -2.33. The van der Waals surface area contributed by atoms with Gasteiger partial charge in [0.25, 0.3) is 5.69 Å². The molecule has 0 radical (unpaired) electrons. The molecule has 6 heteroatoms. The molecule has 0 amide bonds. The molecule has 0 spiro atoms. The number of nitrogens with one attached hydrogen (secondary N) is 1. The molecule has 182 valence electrons. The van der Waals surface area contributed by atoms with Gasteiger partial charge in [-0.05, 0) is 59.0 Å². The van der Waals surface area contributed by atoms with Crippen molar-refractivity contribution in [2.45, 2.75) is 25.2 Å². The van der Waals surface area contributed by atoms with E-state index in [0.29, 0.717) is 12.8 Å². The van der Waals surface area contributed by atoms with Gasteiger partial charge >= 0.3 is 0 Å². The number of benzene rings is 4. The zero-order valence-corrected chi connectivity index (χ0v) is 20.7. The smallest absolute Gasteiger partial charge is 0.269 e. The molecular formula is C30H29N3O3. The van der Waals surface area contributed by atoms with Gasteiger partial charge < -0.3 is 15.0 Å². The Balaban J connectivity index is 1.60. The number of nitrogens with zero attached hydrogens (tertiary/aromatic N) is 2. The number of nitro benzene ring substituents is 1. The number of anilines is 2. The van der Waals surface area contributed by atoms with Gasteiger partial charge in [-0.25, -0.2) is 0 Å². The highest BCUT2D eigenvalue weighted by Crippen LogP contribution is 2.43. The molecule has 6 nitrogen and oxygen atoms in total. The lowest BCUT2D eigenvalue weighted by molar-refractivity contribution is -0.384. The highest BCUT2D eigenvalue weighted by Gasteiger charge is 2.32. The second-order valence-electron chi connectivity index (χ2n) is 9.50. The average Bonchev–Trinajstić information content (AvgIpc) is 3.22. The van der Waals surface area contributed by atoms with E-state index >= 15 is 0 Å². The minimum absolute atomic E-state index is 0.0994. The summed E-state index contributed by atoms with van der Waals surface area (Å²) in [5.74, 6) is 1.65. The van der Waals surface area contributed by atoms with Gasteiger partial charge in [0.2, 0.25) is 0 Å². The SMILES string of the molecule is CNc1ccc2ccccc2c1C(C)(C/C=C1\Oc2ccccc2N1C)Cc1ccc([N+](=O)[O-])cc1. The molecule has 0 saturated carbocycles. The van der Waals surface area contributed by atoms with Crippen molar-refractivity contribution in [2.24, 2.45) is 0 Å². The quantitative estimate of drug-likeness (QED) is 0.227. The largest absolute Gasteiger partial charge is 0.439 e. The van der Waals surface area contributed by atoms with E-state index in [0.717, 1.165) is 28.6 Å². The van der Waals surface area contributed by atoms with Gasteiger partial charge in [0.1, 0.15) is 0 Å². The number of fused-ring (bicyclic) bond motifs is 2. The van der Waals surface area contributed by atoms with E-state index in [1.807, 2.05) is 44.4 Å². The first kappa shape index (κ1) is 23.4. The maximum atomic E-state index is 11.2. The summed E-state index contributed by atoms with van der Waals surface area (Å²) in [6.45, 7) is 2.26. The van der Waals surface area contributed by atoms with E-state index in [4.69, 9.17) is 4.74 Å². The summed E-state index contributed by atoms with van der Waals surface area (Å²) in [5.41, 5.74) is 4.14.